The van der Waals surface area contributed by atoms with Crippen LogP contribution in [0.25, 0.3) is 0 Å². The summed E-state index contributed by atoms with van der Waals surface area (Å²) >= 11 is 5.84. The van der Waals surface area contributed by atoms with Gasteiger partial charge in [0.1, 0.15) is 11.9 Å². The van der Waals surface area contributed by atoms with Crippen LogP contribution in [0.4, 0.5) is 0 Å². The van der Waals surface area contributed by atoms with E-state index in [2.05, 4.69) is 12.2 Å². The third-order valence-corrected chi connectivity index (χ3v) is 3.38. The first-order chi connectivity index (χ1) is 7.79. The number of halogens is 1. The molecule has 1 saturated heterocycles. The zero-order valence-corrected chi connectivity index (χ0v) is 10.3. The normalized spacial score (nSPS) is 22.0. The molecular weight excluding hydrogens is 222 g/mol. The molecule has 1 N–H and O–H groups in total. The average molecular weight is 240 g/mol. The first-order valence-electron chi connectivity index (χ1n) is 5.92. The van der Waals surface area contributed by atoms with E-state index in [1.807, 2.05) is 24.3 Å². The van der Waals surface area contributed by atoms with E-state index >= 15 is 0 Å². The van der Waals surface area contributed by atoms with Crippen molar-refractivity contribution >= 4 is 11.6 Å². The number of hydrogen-bond donors (Lipinski definition) is 1. The molecule has 0 amide bonds. The minimum absolute atomic E-state index is 0.316. The van der Waals surface area contributed by atoms with Crippen molar-refractivity contribution in [3.8, 4) is 5.75 Å². The Morgan fingerprint density at radius 3 is 2.75 bits per heavy atom. The summed E-state index contributed by atoms with van der Waals surface area (Å²) in [6, 6.07) is 7.62. The SMILES string of the molecule is CC[C@@H](Oc1ccc(Cl)cc1)[C@@H]1CCNC1. The second-order valence-electron chi connectivity index (χ2n) is 4.27. The van der Waals surface area contributed by atoms with E-state index in [1.54, 1.807) is 0 Å². The molecule has 1 aliphatic rings. The predicted molar refractivity (Wildman–Crippen MR) is 67.1 cm³/mol. The number of hydrogen-bond acceptors (Lipinski definition) is 2. The van der Waals surface area contributed by atoms with Gasteiger partial charge in [0.15, 0.2) is 0 Å². The Balaban J connectivity index is 1.97. The third kappa shape index (κ3) is 2.89. The molecule has 1 heterocycles. The van der Waals surface area contributed by atoms with Crippen molar-refractivity contribution in [3.63, 3.8) is 0 Å². The molecule has 0 radical (unpaired) electrons. The fourth-order valence-electron chi connectivity index (χ4n) is 2.20. The van der Waals surface area contributed by atoms with Gasteiger partial charge in [0, 0.05) is 17.5 Å². The molecule has 1 fully saturated rings. The summed E-state index contributed by atoms with van der Waals surface area (Å²) in [5, 5.41) is 4.13. The summed E-state index contributed by atoms with van der Waals surface area (Å²) in [5.41, 5.74) is 0. The number of ether oxygens (including phenoxy) is 1. The van der Waals surface area contributed by atoms with Gasteiger partial charge in [0.2, 0.25) is 0 Å². The lowest BCUT2D eigenvalue weighted by Gasteiger charge is -2.23. The maximum Gasteiger partial charge on any atom is 0.119 e. The van der Waals surface area contributed by atoms with Gasteiger partial charge < -0.3 is 10.1 Å². The Kier molecular flexibility index (Phi) is 4.08. The highest BCUT2D eigenvalue weighted by molar-refractivity contribution is 6.30. The van der Waals surface area contributed by atoms with Gasteiger partial charge >= 0.3 is 0 Å². The lowest BCUT2D eigenvalue weighted by Crippen LogP contribution is -2.28. The Hall–Kier alpha value is -0.730. The average Bonchev–Trinajstić information content (AvgIpc) is 2.82. The highest BCUT2D eigenvalue weighted by Crippen LogP contribution is 2.23. The third-order valence-electron chi connectivity index (χ3n) is 3.13. The minimum atomic E-state index is 0.316. The van der Waals surface area contributed by atoms with Crippen molar-refractivity contribution in [2.45, 2.75) is 25.9 Å². The Labute approximate surface area is 102 Å². The van der Waals surface area contributed by atoms with E-state index in [1.165, 1.54) is 6.42 Å². The molecule has 0 aliphatic carbocycles. The van der Waals surface area contributed by atoms with Gasteiger partial charge in [0.25, 0.3) is 0 Å². The van der Waals surface area contributed by atoms with Gasteiger partial charge in [-0.05, 0) is 43.7 Å². The highest BCUT2D eigenvalue weighted by atomic mass is 35.5. The molecule has 16 heavy (non-hydrogen) atoms. The molecule has 0 aromatic heterocycles. The zero-order valence-electron chi connectivity index (χ0n) is 9.58. The van der Waals surface area contributed by atoms with E-state index < -0.39 is 0 Å². The van der Waals surface area contributed by atoms with Gasteiger partial charge in [-0.2, -0.15) is 0 Å². The van der Waals surface area contributed by atoms with Crippen molar-refractivity contribution in [2.24, 2.45) is 5.92 Å². The Morgan fingerprint density at radius 2 is 2.19 bits per heavy atom. The second kappa shape index (κ2) is 5.55. The molecule has 0 spiro atoms. The van der Waals surface area contributed by atoms with E-state index in [0.717, 1.165) is 30.3 Å². The first-order valence-corrected chi connectivity index (χ1v) is 6.30. The molecule has 0 saturated carbocycles. The van der Waals surface area contributed by atoms with Gasteiger partial charge in [-0.3, -0.25) is 0 Å². The van der Waals surface area contributed by atoms with E-state index in [0.29, 0.717) is 12.0 Å². The Bertz CT molecular complexity index is 319. The number of benzene rings is 1. The summed E-state index contributed by atoms with van der Waals surface area (Å²) in [6.45, 7) is 4.37. The van der Waals surface area contributed by atoms with Crippen LogP contribution in [0.15, 0.2) is 24.3 Å². The number of nitrogens with one attached hydrogen (secondary N) is 1. The molecule has 2 nitrogen and oxygen atoms in total. The minimum Gasteiger partial charge on any atom is -0.490 e. The van der Waals surface area contributed by atoms with E-state index in [4.69, 9.17) is 16.3 Å². The fourth-order valence-corrected chi connectivity index (χ4v) is 2.32. The van der Waals surface area contributed by atoms with Crippen molar-refractivity contribution in [1.29, 1.82) is 0 Å². The topological polar surface area (TPSA) is 21.3 Å². The maximum absolute atomic E-state index is 6.00. The van der Waals surface area contributed by atoms with Crippen LogP contribution < -0.4 is 10.1 Å². The summed E-state index contributed by atoms with van der Waals surface area (Å²) in [4.78, 5) is 0. The van der Waals surface area contributed by atoms with Crippen LogP contribution in [0.1, 0.15) is 19.8 Å². The van der Waals surface area contributed by atoms with Gasteiger partial charge in [-0.1, -0.05) is 18.5 Å². The van der Waals surface area contributed by atoms with Crippen LogP contribution in [-0.2, 0) is 0 Å². The molecule has 1 aromatic rings. The van der Waals surface area contributed by atoms with E-state index in [-0.39, 0.29) is 0 Å². The lowest BCUT2D eigenvalue weighted by molar-refractivity contribution is 0.138. The van der Waals surface area contributed by atoms with Gasteiger partial charge in [-0.25, -0.2) is 0 Å². The lowest BCUT2D eigenvalue weighted by atomic mass is 9.99. The summed E-state index contributed by atoms with van der Waals surface area (Å²) in [6.07, 6.45) is 2.58. The van der Waals surface area contributed by atoms with E-state index in [9.17, 15) is 0 Å². The van der Waals surface area contributed by atoms with Crippen molar-refractivity contribution in [3.05, 3.63) is 29.3 Å². The van der Waals surface area contributed by atoms with Crippen LogP contribution in [-0.4, -0.2) is 19.2 Å². The Morgan fingerprint density at radius 1 is 1.44 bits per heavy atom. The summed E-state index contributed by atoms with van der Waals surface area (Å²) in [5.74, 6) is 1.56. The van der Waals surface area contributed by atoms with Crippen molar-refractivity contribution in [2.75, 3.05) is 13.1 Å². The smallest absolute Gasteiger partial charge is 0.119 e. The summed E-state index contributed by atoms with van der Waals surface area (Å²) in [7, 11) is 0. The molecule has 1 aliphatic heterocycles. The maximum atomic E-state index is 6.00. The second-order valence-corrected chi connectivity index (χ2v) is 4.71. The standard InChI is InChI=1S/C13H18ClNO/c1-2-13(10-7-8-15-9-10)16-12-5-3-11(14)4-6-12/h3-6,10,13,15H,2,7-9H2,1H3/t10-,13-/m1/s1. The van der Waals surface area contributed by atoms with Crippen LogP contribution in [0.2, 0.25) is 5.02 Å². The zero-order chi connectivity index (χ0) is 11.4. The number of rotatable bonds is 4. The predicted octanol–water partition coefficient (Wildman–Crippen LogP) is 3.11. The first kappa shape index (κ1) is 11.7. The molecular formula is C13H18ClNO. The fraction of sp³-hybridized carbons (Fsp3) is 0.538. The molecule has 3 heteroatoms. The quantitative estimate of drug-likeness (QED) is 0.872. The molecule has 1 aromatic carbocycles. The van der Waals surface area contributed by atoms with Crippen molar-refractivity contribution < 1.29 is 4.74 Å². The highest BCUT2D eigenvalue weighted by Gasteiger charge is 2.24. The van der Waals surface area contributed by atoms with Crippen molar-refractivity contribution in [1.82, 2.24) is 5.32 Å². The molecule has 0 unspecified atom stereocenters. The van der Waals surface area contributed by atoms with Gasteiger partial charge in [0.05, 0.1) is 0 Å². The van der Waals surface area contributed by atoms with Gasteiger partial charge in [-0.15, -0.1) is 0 Å². The van der Waals surface area contributed by atoms with Crippen LogP contribution in [0.3, 0.4) is 0 Å². The molecule has 2 atom stereocenters. The van der Waals surface area contributed by atoms with Crippen LogP contribution >= 0.6 is 11.6 Å². The molecule has 2 rings (SSSR count). The van der Waals surface area contributed by atoms with Crippen LogP contribution in [0.5, 0.6) is 5.75 Å². The monoisotopic (exact) mass is 239 g/mol. The summed E-state index contributed by atoms with van der Waals surface area (Å²) < 4.78 is 6.00. The molecule has 88 valence electrons. The van der Waals surface area contributed by atoms with Crippen LogP contribution in [0, 0.1) is 5.92 Å². The molecule has 0 bridgehead atoms. The largest absolute Gasteiger partial charge is 0.490 e.